The van der Waals surface area contributed by atoms with E-state index < -0.39 is 0 Å². The number of rotatable bonds is 5. The van der Waals surface area contributed by atoms with Crippen molar-refractivity contribution in [2.75, 3.05) is 4.90 Å². The van der Waals surface area contributed by atoms with Gasteiger partial charge in [0.15, 0.2) is 0 Å². The number of benzene rings is 7. The Morgan fingerprint density at radius 1 is 0.444 bits per heavy atom. The lowest BCUT2D eigenvalue weighted by Gasteiger charge is -2.61. The van der Waals surface area contributed by atoms with Crippen LogP contribution in [0.15, 0.2) is 164 Å². The van der Waals surface area contributed by atoms with Crippen molar-refractivity contribution < 1.29 is 0 Å². The summed E-state index contributed by atoms with van der Waals surface area (Å²) in [6.07, 6.45) is 7.14. The maximum absolute atomic E-state index is 2.62. The first-order chi connectivity index (χ1) is 26.7. The fourth-order valence-electron chi connectivity index (χ4n) is 12.0. The smallest absolute Gasteiger partial charge is 0.0554 e. The predicted molar refractivity (Wildman–Crippen MR) is 228 cm³/mol. The highest BCUT2D eigenvalue weighted by atomic mass is 32.1. The van der Waals surface area contributed by atoms with Crippen LogP contribution in [0.2, 0.25) is 0 Å². The topological polar surface area (TPSA) is 3.24 Å². The molecule has 2 heteroatoms. The molecule has 1 heterocycles. The Kier molecular flexibility index (Phi) is 6.75. The van der Waals surface area contributed by atoms with E-state index in [-0.39, 0.29) is 5.41 Å². The van der Waals surface area contributed by atoms with E-state index in [1.54, 1.807) is 11.1 Å². The van der Waals surface area contributed by atoms with E-state index in [1.165, 1.54) is 91.3 Å². The van der Waals surface area contributed by atoms with Crippen molar-refractivity contribution in [2.45, 2.75) is 37.5 Å². The van der Waals surface area contributed by atoms with Gasteiger partial charge in [-0.2, -0.15) is 0 Å². The molecule has 0 N–H and O–H groups in total. The van der Waals surface area contributed by atoms with Crippen LogP contribution in [-0.4, -0.2) is 0 Å². The second-order valence-corrected chi connectivity index (χ2v) is 17.6. The molecule has 4 saturated carbocycles. The summed E-state index contributed by atoms with van der Waals surface area (Å²) >= 11 is 1.87. The summed E-state index contributed by atoms with van der Waals surface area (Å²) in [6, 6.07) is 61.7. The van der Waals surface area contributed by atoms with Crippen LogP contribution in [0.25, 0.3) is 53.6 Å². The molecule has 0 unspecified atom stereocenters. The van der Waals surface area contributed by atoms with Gasteiger partial charge in [0.25, 0.3) is 0 Å². The summed E-state index contributed by atoms with van der Waals surface area (Å²) in [5.41, 5.74) is 15.1. The number of anilines is 3. The largest absolute Gasteiger partial charge is 0.310 e. The number of nitrogens with zero attached hydrogens (tertiary/aromatic N) is 1. The van der Waals surface area contributed by atoms with Gasteiger partial charge in [-0.3, -0.25) is 0 Å². The molecule has 1 aromatic heterocycles. The van der Waals surface area contributed by atoms with Crippen LogP contribution in [0.4, 0.5) is 17.1 Å². The van der Waals surface area contributed by atoms with Crippen LogP contribution >= 0.6 is 11.3 Å². The zero-order valence-corrected chi connectivity index (χ0v) is 31.1. The van der Waals surface area contributed by atoms with Crippen molar-refractivity contribution in [1.82, 2.24) is 0 Å². The fourth-order valence-corrected chi connectivity index (χ4v) is 13.1. The standard InChI is InChI=1S/C52H41NS/c1-2-12-41(13-3-1)53(48-17-9-19-50-51(48)45-15-5-7-18-49(45)54-50)42-23-20-35(21-24-42)36-10-8-11-37(31-36)38-22-25-44-43-14-4-6-16-46(43)52(47(44)32-38)39-27-33-26-34(29-39)30-40(52)28-33/h1-25,31-34,39-40H,26-30H2. The van der Waals surface area contributed by atoms with Gasteiger partial charge in [-0.1, -0.05) is 109 Å². The molecule has 54 heavy (non-hydrogen) atoms. The van der Waals surface area contributed by atoms with Crippen molar-refractivity contribution in [3.8, 4) is 33.4 Å². The van der Waals surface area contributed by atoms with Crippen LogP contribution in [-0.2, 0) is 5.41 Å². The first-order valence-corrected chi connectivity index (χ1v) is 20.7. The van der Waals surface area contributed by atoms with Gasteiger partial charge >= 0.3 is 0 Å². The van der Waals surface area contributed by atoms with Gasteiger partial charge in [0.05, 0.1) is 5.69 Å². The molecule has 5 aliphatic rings. The number of hydrogen-bond acceptors (Lipinski definition) is 2. The van der Waals surface area contributed by atoms with Crippen molar-refractivity contribution >= 4 is 48.6 Å². The van der Waals surface area contributed by atoms with Gasteiger partial charge < -0.3 is 4.90 Å². The molecule has 4 bridgehead atoms. The van der Waals surface area contributed by atoms with Crippen molar-refractivity contribution in [3.63, 3.8) is 0 Å². The van der Waals surface area contributed by atoms with Crippen molar-refractivity contribution in [1.29, 1.82) is 0 Å². The lowest BCUT2D eigenvalue weighted by Crippen LogP contribution is -2.55. The van der Waals surface area contributed by atoms with E-state index >= 15 is 0 Å². The van der Waals surface area contributed by atoms with E-state index in [9.17, 15) is 0 Å². The van der Waals surface area contributed by atoms with E-state index in [0.717, 1.165) is 35.0 Å². The van der Waals surface area contributed by atoms with Gasteiger partial charge in [0.1, 0.15) is 0 Å². The number of hydrogen-bond donors (Lipinski definition) is 0. The predicted octanol–water partition coefficient (Wildman–Crippen LogP) is 14.6. The van der Waals surface area contributed by atoms with Gasteiger partial charge in [-0.25, -0.2) is 0 Å². The molecule has 0 radical (unpaired) electrons. The lowest BCUT2D eigenvalue weighted by molar-refractivity contribution is -0.0399. The van der Waals surface area contributed by atoms with Crippen LogP contribution in [0.1, 0.15) is 43.2 Å². The molecule has 0 aliphatic heterocycles. The maximum atomic E-state index is 2.62. The molecule has 13 rings (SSSR count). The second kappa shape index (κ2) is 11.8. The number of fused-ring (bicyclic) bond motifs is 6. The van der Waals surface area contributed by atoms with Crippen LogP contribution < -0.4 is 4.90 Å². The summed E-state index contributed by atoms with van der Waals surface area (Å²) in [5.74, 6) is 3.45. The SMILES string of the molecule is c1ccc(N(c2ccc(-c3cccc(-c4ccc5c(c4)C4(c6ccccc6-5)C5CC6CC(C5)CC4C6)c3)cc2)c2cccc3sc4ccccc4c23)cc1. The Morgan fingerprint density at radius 2 is 1.06 bits per heavy atom. The molecule has 0 saturated heterocycles. The van der Waals surface area contributed by atoms with Gasteiger partial charge in [0.2, 0.25) is 0 Å². The lowest BCUT2D eigenvalue weighted by atomic mass is 9.43. The van der Waals surface area contributed by atoms with E-state index in [0.29, 0.717) is 0 Å². The second-order valence-electron chi connectivity index (χ2n) is 16.5. The zero-order chi connectivity index (χ0) is 35.4. The Morgan fingerprint density at radius 3 is 1.87 bits per heavy atom. The summed E-state index contributed by atoms with van der Waals surface area (Å²) in [5, 5.41) is 2.62. The Bertz CT molecular complexity index is 2710. The zero-order valence-electron chi connectivity index (χ0n) is 30.3. The Balaban J connectivity index is 0.929. The minimum atomic E-state index is 0.188. The van der Waals surface area contributed by atoms with E-state index in [2.05, 4.69) is 169 Å². The quantitative estimate of drug-likeness (QED) is 0.172. The summed E-state index contributed by atoms with van der Waals surface area (Å²) in [6.45, 7) is 0. The first kappa shape index (κ1) is 31.0. The average Bonchev–Trinajstić information content (AvgIpc) is 3.75. The van der Waals surface area contributed by atoms with Gasteiger partial charge in [0, 0.05) is 37.0 Å². The van der Waals surface area contributed by atoms with Crippen molar-refractivity contribution in [2.24, 2.45) is 23.7 Å². The summed E-state index contributed by atoms with van der Waals surface area (Å²) in [7, 11) is 0. The molecule has 0 amide bonds. The number of para-hydroxylation sites is 1. The first-order valence-electron chi connectivity index (χ1n) is 19.9. The summed E-state index contributed by atoms with van der Waals surface area (Å²) in [4.78, 5) is 2.42. The van der Waals surface area contributed by atoms with E-state index in [1.807, 2.05) is 11.3 Å². The molecule has 5 aliphatic carbocycles. The normalized spacial score (nSPS) is 23.3. The molecular weight excluding hydrogens is 671 g/mol. The molecule has 7 aromatic carbocycles. The summed E-state index contributed by atoms with van der Waals surface area (Å²) < 4.78 is 2.64. The molecule has 1 spiro atoms. The third kappa shape index (κ3) is 4.44. The van der Waals surface area contributed by atoms with Crippen LogP contribution in [0, 0.1) is 23.7 Å². The van der Waals surface area contributed by atoms with Crippen LogP contribution in [0.5, 0.6) is 0 Å². The highest BCUT2D eigenvalue weighted by Gasteiger charge is 2.61. The molecule has 260 valence electrons. The van der Waals surface area contributed by atoms with Crippen LogP contribution in [0.3, 0.4) is 0 Å². The molecular formula is C52H41NS. The molecule has 0 atom stereocenters. The Labute approximate surface area is 321 Å². The highest BCUT2D eigenvalue weighted by Crippen LogP contribution is 2.69. The molecule has 8 aromatic rings. The van der Waals surface area contributed by atoms with E-state index in [4.69, 9.17) is 0 Å². The third-order valence-electron chi connectivity index (χ3n) is 13.8. The van der Waals surface area contributed by atoms with Gasteiger partial charge in [-0.15, -0.1) is 11.3 Å². The monoisotopic (exact) mass is 711 g/mol. The highest BCUT2D eigenvalue weighted by molar-refractivity contribution is 7.26. The van der Waals surface area contributed by atoms with Gasteiger partial charge in [-0.05, 0) is 155 Å². The minimum absolute atomic E-state index is 0.188. The number of thiophene rings is 1. The molecule has 4 fully saturated rings. The Hall–Kier alpha value is -5.44. The average molecular weight is 712 g/mol. The minimum Gasteiger partial charge on any atom is -0.310 e. The molecule has 1 nitrogen and oxygen atoms in total. The third-order valence-corrected chi connectivity index (χ3v) is 15.0. The van der Waals surface area contributed by atoms with Crippen molar-refractivity contribution in [3.05, 3.63) is 175 Å². The maximum Gasteiger partial charge on any atom is 0.0554 e. The fraction of sp³-hybridized carbons (Fsp3) is 0.192.